The number of nitrogens with one attached hydrogen (secondary N) is 1. The molecular formula is C12H18N2O. The van der Waals surface area contributed by atoms with Crippen LogP contribution < -0.4 is 5.32 Å². The summed E-state index contributed by atoms with van der Waals surface area (Å²) in [4.78, 5) is 2.41. The standard InChI is InChI=1S/C12H18N2O/c1-5-9-6-12(15-4)11(3)10(13-11)7-14(12)8(9)2/h5,10,13H,1,6-7H2,2-4H3/t10-,11?,12?/m0/s1. The molecule has 0 amide bonds. The minimum absolute atomic E-state index is 0.133. The van der Waals surface area contributed by atoms with Gasteiger partial charge in [0.2, 0.25) is 0 Å². The Labute approximate surface area is 90.8 Å². The minimum Gasteiger partial charge on any atom is -0.356 e. The Kier molecular flexibility index (Phi) is 1.55. The van der Waals surface area contributed by atoms with E-state index in [1.54, 1.807) is 0 Å². The topological polar surface area (TPSA) is 34.4 Å². The molecule has 82 valence electrons. The van der Waals surface area contributed by atoms with Crippen molar-refractivity contribution >= 4 is 0 Å². The molecule has 0 aromatic heterocycles. The summed E-state index contributed by atoms with van der Waals surface area (Å²) in [6, 6.07) is 0.596. The van der Waals surface area contributed by atoms with Gasteiger partial charge in [0.15, 0.2) is 5.72 Å². The zero-order chi connectivity index (χ0) is 10.8. The van der Waals surface area contributed by atoms with Crippen molar-refractivity contribution in [3.05, 3.63) is 23.9 Å². The molecule has 2 saturated heterocycles. The van der Waals surface area contributed by atoms with Crippen molar-refractivity contribution in [3.63, 3.8) is 0 Å². The van der Waals surface area contributed by atoms with Gasteiger partial charge in [-0.1, -0.05) is 12.7 Å². The van der Waals surface area contributed by atoms with Crippen LogP contribution in [0.15, 0.2) is 23.9 Å². The van der Waals surface area contributed by atoms with Gasteiger partial charge in [-0.25, -0.2) is 0 Å². The van der Waals surface area contributed by atoms with Crippen LogP contribution in [0.4, 0.5) is 0 Å². The molecule has 3 aliphatic rings. The van der Waals surface area contributed by atoms with Gasteiger partial charge in [0, 0.05) is 31.8 Å². The van der Waals surface area contributed by atoms with Gasteiger partial charge in [0.25, 0.3) is 0 Å². The van der Waals surface area contributed by atoms with Crippen molar-refractivity contribution in [2.75, 3.05) is 13.7 Å². The molecule has 2 unspecified atom stereocenters. The van der Waals surface area contributed by atoms with Crippen LogP contribution >= 0.6 is 0 Å². The largest absolute Gasteiger partial charge is 0.356 e. The van der Waals surface area contributed by atoms with E-state index >= 15 is 0 Å². The molecule has 0 aromatic rings. The molecule has 15 heavy (non-hydrogen) atoms. The van der Waals surface area contributed by atoms with E-state index in [1.807, 2.05) is 13.2 Å². The third-order valence-electron chi connectivity index (χ3n) is 4.58. The second-order valence-corrected chi connectivity index (χ2v) is 4.99. The van der Waals surface area contributed by atoms with E-state index in [0.717, 1.165) is 13.0 Å². The second kappa shape index (κ2) is 2.47. The Morgan fingerprint density at radius 1 is 1.67 bits per heavy atom. The lowest BCUT2D eigenvalue weighted by Crippen LogP contribution is -2.53. The fourth-order valence-corrected chi connectivity index (χ4v) is 3.40. The number of hydrogen-bond donors (Lipinski definition) is 1. The van der Waals surface area contributed by atoms with Gasteiger partial charge in [-0.05, 0) is 19.4 Å². The summed E-state index contributed by atoms with van der Waals surface area (Å²) >= 11 is 0. The SMILES string of the molecule is C=CC1=C(C)N2C[C@@H]3NC3(C)C2(OC)C1. The number of methoxy groups -OCH3 is 1. The van der Waals surface area contributed by atoms with Crippen LogP contribution in [0.2, 0.25) is 0 Å². The molecule has 2 fully saturated rings. The molecule has 3 aliphatic heterocycles. The van der Waals surface area contributed by atoms with Crippen LogP contribution in [0.5, 0.6) is 0 Å². The number of piperazine rings is 1. The fourth-order valence-electron chi connectivity index (χ4n) is 3.40. The third-order valence-corrected chi connectivity index (χ3v) is 4.58. The highest BCUT2D eigenvalue weighted by Crippen LogP contribution is 2.56. The van der Waals surface area contributed by atoms with Gasteiger partial charge in [-0.15, -0.1) is 0 Å². The van der Waals surface area contributed by atoms with E-state index in [0.29, 0.717) is 6.04 Å². The van der Waals surface area contributed by atoms with Crippen LogP contribution in [0, 0.1) is 0 Å². The Bertz CT molecular complexity index is 376. The highest BCUT2D eigenvalue weighted by atomic mass is 16.5. The van der Waals surface area contributed by atoms with Crippen molar-refractivity contribution in [2.45, 2.75) is 37.6 Å². The predicted molar refractivity (Wildman–Crippen MR) is 59.3 cm³/mol. The summed E-state index contributed by atoms with van der Waals surface area (Å²) < 4.78 is 5.86. The van der Waals surface area contributed by atoms with Crippen molar-refractivity contribution in [2.24, 2.45) is 0 Å². The highest BCUT2D eigenvalue weighted by Gasteiger charge is 2.73. The van der Waals surface area contributed by atoms with Crippen molar-refractivity contribution in [3.8, 4) is 0 Å². The average molecular weight is 206 g/mol. The van der Waals surface area contributed by atoms with Gasteiger partial charge < -0.3 is 9.64 Å². The van der Waals surface area contributed by atoms with Gasteiger partial charge in [-0.3, -0.25) is 5.32 Å². The summed E-state index contributed by atoms with van der Waals surface area (Å²) in [5.41, 5.74) is 2.63. The lowest BCUT2D eigenvalue weighted by atomic mass is 9.92. The molecule has 0 radical (unpaired) electrons. The Morgan fingerprint density at radius 3 is 2.93 bits per heavy atom. The fraction of sp³-hybridized carbons (Fsp3) is 0.667. The maximum atomic E-state index is 5.86. The Morgan fingerprint density at radius 2 is 2.40 bits per heavy atom. The van der Waals surface area contributed by atoms with Crippen LogP contribution in [0.1, 0.15) is 20.3 Å². The molecule has 3 nitrogen and oxygen atoms in total. The lowest BCUT2D eigenvalue weighted by molar-refractivity contribution is -0.112. The summed E-state index contributed by atoms with van der Waals surface area (Å²) in [6.07, 6.45) is 2.92. The zero-order valence-electron chi connectivity index (χ0n) is 9.63. The normalized spacial score (nSPS) is 46.9. The lowest BCUT2D eigenvalue weighted by Gasteiger charge is -2.39. The minimum atomic E-state index is -0.161. The molecule has 0 saturated carbocycles. The van der Waals surface area contributed by atoms with E-state index in [4.69, 9.17) is 4.74 Å². The molecule has 3 rings (SSSR count). The first-order valence-electron chi connectivity index (χ1n) is 5.52. The van der Waals surface area contributed by atoms with Crippen LogP contribution in [-0.4, -0.2) is 35.9 Å². The summed E-state index contributed by atoms with van der Waals surface area (Å²) in [6.45, 7) is 9.39. The molecule has 1 N–H and O–H groups in total. The van der Waals surface area contributed by atoms with E-state index in [9.17, 15) is 0 Å². The highest BCUT2D eigenvalue weighted by molar-refractivity contribution is 5.42. The predicted octanol–water partition coefficient (Wildman–Crippen LogP) is 1.24. The van der Waals surface area contributed by atoms with Crippen molar-refractivity contribution in [1.29, 1.82) is 0 Å². The van der Waals surface area contributed by atoms with E-state index in [-0.39, 0.29) is 11.3 Å². The molecule has 0 aliphatic carbocycles. The zero-order valence-corrected chi connectivity index (χ0v) is 9.63. The van der Waals surface area contributed by atoms with Crippen molar-refractivity contribution < 1.29 is 4.74 Å². The first-order chi connectivity index (χ1) is 7.09. The number of rotatable bonds is 2. The van der Waals surface area contributed by atoms with Crippen LogP contribution in [-0.2, 0) is 4.74 Å². The second-order valence-electron chi connectivity index (χ2n) is 4.99. The third kappa shape index (κ3) is 0.810. The molecule has 3 atom stereocenters. The summed E-state index contributed by atoms with van der Waals surface area (Å²) in [7, 11) is 1.82. The Hall–Kier alpha value is -0.800. The smallest absolute Gasteiger partial charge is 0.164 e. The molecule has 0 spiro atoms. The monoisotopic (exact) mass is 206 g/mol. The van der Waals surface area contributed by atoms with E-state index in [2.05, 4.69) is 30.6 Å². The van der Waals surface area contributed by atoms with Crippen LogP contribution in [0.25, 0.3) is 0 Å². The number of ether oxygens (including phenoxy) is 1. The van der Waals surface area contributed by atoms with E-state index < -0.39 is 0 Å². The summed E-state index contributed by atoms with van der Waals surface area (Å²) in [5, 5.41) is 3.55. The van der Waals surface area contributed by atoms with Gasteiger partial charge in [0.05, 0.1) is 5.54 Å². The maximum Gasteiger partial charge on any atom is 0.164 e. The molecule has 3 heterocycles. The number of fused-ring (bicyclic) bond motifs is 3. The average Bonchev–Trinajstić information content (AvgIpc) is 2.70. The van der Waals surface area contributed by atoms with Crippen molar-refractivity contribution in [1.82, 2.24) is 10.2 Å². The first-order valence-corrected chi connectivity index (χ1v) is 5.52. The maximum absolute atomic E-state index is 5.86. The molecular weight excluding hydrogens is 188 g/mol. The van der Waals surface area contributed by atoms with Crippen LogP contribution in [0.3, 0.4) is 0 Å². The number of nitrogens with zero attached hydrogens (tertiary/aromatic N) is 1. The van der Waals surface area contributed by atoms with Gasteiger partial charge >= 0.3 is 0 Å². The Balaban J connectivity index is 2.06. The summed E-state index contributed by atoms with van der Waals surface area (Å²) in [5.74, 6) is 0. The number of hydrogen-bond acceptors (Lipinski definition) is 3. The first kappa shape index (κ1) is 9.43. The quantitative estimate of drug-likeness (QED) is 0.690. The number of allylic oxidation sites excluding steroid dienone is 2. The molecule has 0 bridgehead atoms. The van der Waals surface area contributed by atoms with Gasteiger partial charge in [-0.2, -0.15) is 0 Å². The van der Waals surface area contributed by atoms with E-state index in [1.165, 1.54) is 11.3 Å². The molecule has 3 heteroatoms. The molecule has 0 aromatic carbocycles. The van der Waals surface area contributed by atoms with Gasteiger partial charge in [0.1, 0.15) is 0 Å².